The average Bonchev–Trinajstić information content (AvgIpc) is 3.31. The molecular formula is C17H14N2O2S3. The number of thioether (sulfide) groups is 1. The third-order valence-corrected chi connectivity index (χ3v) is 6.64. The van der Waals surface area contributed by atoms with Gasteiger partial charge in [0.2, 0.25) is 0 Å². The highest BCUT2D eigenvalue weighted by Crippen LogP contribution is 2.35. The predicted octanol–water partition coefficient (Wildman–Crippen LogP) is 5.30. The number of hydrogen-bond donors (Lipinski definition) is 1. The van der Waals surface area contributed by atoms with Crippen LogP contribution in [0.25, 0.3) is 20.7 Å². The molecule has 0 aliphatic rings. The Morgan fingerprint density at radius 2 is 2.25 bits per heavy atom. The zero-order valence-corrected chi connectivity index (χ0v) is 15.3. The Hall–Kier alpha value is -1.83. The Morgan fingerprint density at radius 1 is 1.33 bits per heavy atom. The van der Waals surface area contributed by atoms with Crippen molar-refractivity contribution in [1.82, 2.24) is 9.97 Å². The van der Waals surface area contributed by atoms with Gasteiger partial charge in [0.15, 0.2) is 0 Å². The average molecular weight is 375 g/mol. The molecule has 4 rings (SSSR count). The normalized spacial score (nSPS) is 12.7. The van der Waals surface area contributed by atoms with Crippen molar-refractivity contribution in [2.24, 2.45) is 0 Å². The molecule has 0 unspecified atom stereocenters. The highest BCUT2D eigenvalue weighted by Gasteiger charge is 2.16. The first-order valence-electron chi connectivity index (χ1n) is 7.41. The zero-order valence-electron chi connectivity index (χ0n) is 12.8. The largest absolute Gasteiger partial charge is 0.468 e. The van der Waals surface area contributed by atoms with Crippen molar-refractivity contribution in [2.75, 3.05) is 0 Å². The van der Waals surface area contributed by atoms with Gasteiger partial charge in [-0.1, -0.05) is 6.07 Å². The van der Waals surface area contributed by atoms with Gasteiger partial charge in [0.05, 0.1) is 22.7 Å². The second kappa shape index (κ2) is 6.58. The summed E-state index contributed by atoms with van der Waals surface area (Å²) in [7, 11) is 0. The van der Waals surface area contributed by atoms with Crippen molar-refractivity contribution >= 4 is 44.7 Å². The van der Waals surface area contributed by atoms with Crippen LogP contribution in [0.4, 0.5) is 0 Å². The molecule has 0 saturated carbocycles. The van der Waals surface area contributed by atoms with E-state index in [0.29, 0.717) is 11.2 Å². The third kappa shape index (κ3) is 2.94. The van der Waals surface area contributed by atoms with Crippen molar-refractivity contribution < 1.29 is 4.42 Å². The quantitative estimate of drug-likeness (QED) is 0.515. The summed E-state index contributed by atoms with van der Waals surface area (Å²) in [6, 6.07) is 7.85. The summed E-state index contributed by atoms with van der Waals surface area (Å²) in [5.41, 5.74) is 0.909. The van der Waals surface area contributed by atoms with Crippen molar-refractivity contribution in [3.8, 4) is 10.4 Å². The first-order chi connectivity index (χ1) is 11.7. The minimum absolute atomic E-state index is 0.0647. The van der Waals surface area contributed by atoms with E-state index in [9.17, 15) is 4.79 Å². The molecule has 0 bridgehead atoms. The van der Waals surface area contributed by atoms with Gasteiger partial charge in [-0.3, -0.25) is 4.79 Å². The summed E-state index contributed by atoms with van der Waals surface area (Å²) < 4.78 is 5.35. The van der Waals surface area contributed by atoms with Crippen LogP contribution in [0.2, 0.25) is 0 Å². The van der Waals surface area contributed by atoms with Crippen LogP contribution < -0.4 is 5.56 Å². The molecule has 7 heteroatoms. The standard InChI is InChI=1S/C17H14N2O2S3/c1-10(23-8-11-4-2-6-21-11)15-18-16(20)14-12(9-24-17(14)19-15)13-5-3-7-22-13/h2-7,9-10H,8H2,1H3,(H,18,19,20)/t10-/m1/s1. The number of nitrogens with one attached hydrogen (secondary N) is 1. The van der Waals surface area contributed by atoms with E-state index in [-0.39, 0.29) is 10.8 Å². The van der Waals surface area contributed by atoms with Crippen LogP contribution in [-0.2, 0) is 5.75 Å². The maximum absolute atomic E-state index is 12.6. The summed E-state index contributed by atoms with van der Waals surface area (Å²) in [5, 5.41) is 4.81. The van der Waals surface area contributed by atoms with Crippen LogP contribution in [0.3, 0.4) is 0 Å². The molecule has 4 aromatic heterocycles. The molecule has 0 spiro atoms. The second-order valence-corrected chi connectivity index (χ2v) is 8.43. The summed E-state index contributed by atoms with van der Waals surface area (Å²) >= 11 is 4.84. The summed E-state index contributed by atoms with van der Waals surface area (Å²) in [4.78, 5) is 22.1. The summed E-state index contributed by atoms with van der Waals surface area (Å²) in [5.74, 6) is 2.39. The van der Waals surface area contributed by atoms with Gasteiger partial charge in [0.25, 0.3) is 5.56 Å². The molecule has 122 valence electrons. The number of hydrogen-bond acceptors (Lipinski definition) is 6. The fourth-order valence-corrected chi connectivity index (χ4v) is 5.07. The van der Waals surface area contributed by atoms with Crippen LogP contribution >= 0.6 is 34.4 Å². The van der Waals surface area contributed by atoms with Crippen LogP contribution in [0, 0.1) is 0 Å². The molecule has 1 N–H and O–H groups in total. The van der Waals surface area contributed by atoms with E-state index in [1.807, 2.05) is 41.9 Å². The number of aromatic nitrogens is 2. The van der Waals surface area contributed by atoms with Crippen LogP contribution in [0.1, 0.15) is 23.8 Å². The lowest BCUT2D eigenvalue weighted by Crippen LogP contribution is -2.12. The maximum atomic E-state index is 12.6. The van der Waals surface area contributed by atoms with Gasteiger partial charge < -0.3 is 9.40 Å². The molecule has 0 saturated heterocycles. The topological polar surface area (TPSA) is 58.9 Å². The van der Waals surface area contributed by atoms with Crippen molar-refractivity contribution in [1.29, 1.82) is 0 Å². The van der Waals surface area contributed by atoms with Crippen molar-refractivity contribution in [3.63, 3.8) is 0 Å². The second-order valence-electron chi connectivity index (χ2n) is 5.29. The fourth-order valence-electron chi connectivity index (χ4n) is 2.45. The Balaban J connectivity index is 1.65. The molecule has 0 amide bonds. The number of nitrogens with zero attached hydrogens (tertiary/aromatic N) is 1. The molecule has 4 aromatic rings. The lowest BCUT2D eigenvalue weighted by molar-refractivity contribution is 0.530. The Bertz CT molecular complexity index is 1000. The first kappa shape index (κ1) is 15.7. The molecule has 0 aliphatic heterocycles. The molecule has 4 heterocycles. The number of thiophene rings is 2. The Kier molecular flexibility index (Phi) is 4.30. The van der Waals surface area contributed by atoms with Crippen molar-refractivity contribution in [3.05, 3.63) is 63.2 Å². The van der Waals surface area contributed by atoms with Gasteiger partial charge in [-0.2, -0.15) is 0 Å². The number of fused-ring (bicyclic) bond motifs is 1. The first-order valence-corrected chi connectivity index (χ1v) is 10.2. The molecule has 0 aromatic carbocycles. The van der Waals surface area contributed by atoms with E-state index >= 15 is 0 Å². The maximum Gasteiger partial charge on any atom is 0.260 e. The lowest BCUT2D eigenvalue weighted by Gasteiger charge is -2.09. The summed E-state index contributed by atoms with van der Waals surface area (Å²) in [6.07, 6.45) is 1.67. The van der Waals surface area contributed by atoms with Gasteiger partial charge in [-0.05, 0) is 30.5 Å². The molecule has 0 radical (unpaired) electrons. The smallest absolute Gasteiger partial charge is 0.260 e. The minimum Gasteiger partial charge on any atom is -0.468 e. The van der Waals surface area contributed by atoms with E-state index in [1.54, 1.807) is 29.4 Å². The van der Waals surface area contributed by atoms with Gasteiger partial charge in [-0.25, -0.2) is 4.98 Å². The van der Waals surface area contributed by atoms with Gasteiger partial charge in [0.1, 0.15) is 16.4 Å². The monoisotopic (exact) mass is 374 g/mol. The van der Waals surface area contributed by atoms with E-state index in [0.717, 1.165) is 26.8 Å². The number of aromatic amines is 1. The van der Waals surface area contributed by atoms with E-state index in [1.165, 1.54) is 11.3 Å². The minimum atomic E-state index is -0.0647. The van der Waals surface area contributed by atoms with Crippen LogP contribution in [-0.4, -0.2) is 9.97 Å². The SMILES string of the molecule is C[C@@H](SCc1ccco1)c1nc2scc(-c3cccs3)c2c(=O)[nH]1. The lowest BCUT2D eigenvalue weighted by atomic mass is 10.2. The Labute approximate surface area is 150 Å². The van der Waals surface area contributed by atoms with Gasteiger partial charge in [0, 0.05) is 15.8 Å². The fraction of sp³-hybridized carbons (Fsp3) is 0.176. The van der Waals surface area contributed by atoms with Crippen molar-refractivity contribution in [2.45, 2.75) is 17.9 Å². The van der Waals surface area contributed by atoms with E-state index < -0.39 is 0 Å². The number of H-pyrrole nitrogens is 1. The Morgan fingerprint density at radius 3 is 3.00 bits per heavy atom. The van der Waals surface area contributed by atoms with Crippen LogP contribution in [0.15, 0.2) is 50.5 Å². The highest BCUT2D eigenvalue weighted by atomic mass is 32.2. The predicted molar refractivity (Wildman–Crippen MR) is 102 cm³/mol. The van der Waals surface area contributed by atoms with Gasteiger partial charge in [-0.15, -0.1) is 34.4 Å². The molecular weight excluding hydrogens is 360 g/mol. The van der Waals surface area contributed by atoms with E-state index in [2.05, 4.69) is 9.97 Å². The molecule has 1 atom stereocenters. The number of furan rings is 1. The van der Waals surface area contributed by atoms with Crippen LogP contribution in [0.5, 0.6) is 0 Å². The highest BCUT2D eigenvalue weighted by molar-refractivity contribution is 7.98. The molecule has 0 aliphatic carbocycles. The van der Waals surface area contributed by atoms with Gasteiger partial charge >= 0.3 is 0 Å². The summed E-state index contributed by atoms with van der Waals surface area (Å²) in [6.45, 7) is 2.05. The molecule has 0 fully saturated rings. The molecule has 24 heavy (non-hydrogen) atoms. The number of rotatable bonds is 5. The zero-order chi connectivity index (χ0) is 16.5. The molecule has 4 nitrogen and oxygen atoms in total. The third-order valence-electron chi connectivity index (χ3n) is 3.69. The van der Waals surface area contributed by atoms with E-state index in [4.69, 9.17) is 4.42 Å².